The van der Waals surface area contributed by atoms with E-state index in [0.29, 0.717) is 16.5 Å². The normalized spacial score (nSPS) is 21.1. The Kier molecular flexibility index (Phi) is 9.02. The highest BCUT2D eigenvalue weighted by atomic mass is 35.5. The van der Waals surface area contributed by atoms with Gasteiger partial charge in [-0.1, -0.05) is 60.5 Å². The molecule has 5 nitrogen and oxygen atoms in total. The van der Waals surface area contributed by atoms with Crippen molar-refractivity contribution >= 4 is 29.1 Å². The minimum Gasteiger partial charge on any atom is -0.368 e. The number of benzene rings is 2. The second-order valence-corrected chi connectivity index (χ2v) is 10.3. The lowest BCUT2D eigenvalue weighted by Gasteiger charge is -2.48. The number of aliphatic hydroxyl groups excluding tert-OH is 1. The van der Waals surface area contributed by atoms with Crippen LogP contribution in [0, 0.1) is 5.92 Å². The van der Waals surface area contributed by atoms with Crippen LogP contribution in [0.25, 0.3) is 0 Å². The first kappa shape index (κ1) is 26.6. The molecular weight excluding hydrogens is 495 g/mol. The van der Waals surface area contributed by atoms with E-state index >= 15 is 0 Å². The number of carbonyl (C=O) groups is 1. The largest absolute Gasteiger partial charge is 0.368 e. The van der Waals surface area contributed by atoms with Crippen LogP contribution in [-0.4, -0.2) is 38.3 Å². The fourth-order valence-electron chi connectivity index (χ4n) is 5.45. The number of nitrogens with zero attached hydrogens (tertiary/aromatic N) is 2. The maximum Gasteiger partial charge on any atom is 0.226 e. The first-order chi connectivity index (χ1) is 17.4. The van der Waals surface area contributed by atoms with Crippen LogP contribution in [0.5, 0.6) is 0 Å². The molecule has 7 heteroatoms. The number of aromatic nitrogens is 1. The van der Waals surface area contributed by atoms with Gasteiger partial charge in [0.05, 0.1) is 6.04 Å². The predicted molar refractivity (Wildman–Crippen MR) is 143 cm³/mol. The summed E-state index contributed by atoms with van der Waals surface area (Å²) >= 11 is 12.6. The van der Waals surface area contributed by atoms with E-state index in [1.54, 1.807) is 6.20 Å². The number of rotatable bonds is 9. The molecule has 190 valence electrons. The van der Waals surface area contributed by atoms with Crippen molar-refractivity contribution in [2.45, 2.75) is 63.3 Å². The Labute approximate surface area is 222 Å². The monoisotopic (exact) mass is 526 g/mol. The fourth-order valence-corrected chi connectivity index (χ4v) is 5.77. The highest BCUT2D eigenvalue weighted by Gasteiger charge is 2.45. The van der Waals surface area contributed by atoms with Crippen LogP contribution in [0.2, 0.25) is 10.0 Å². The first-order valence-corrected chi connectivity index (χ1v) is 13.2. The summed E-state index contributed by atoms with van der Waals surface area (Å²) in [6.07, 6.45) is 2.98. The number of pyridine rings is 1. The van der Waals surface area contributed by atoms with Gasteiger partial charge < -0.3 is 15.1 Å². The highest BCUT2D eigenvalue weighted by Crippen LogP contribution is 2.48. The molecule has 1 aromatic heterocycles. The molecule has 2 N–H and O–H groups in total. The average Bonchev–Trinajstić information content (AvgIpc) is 2.87. The van der Waals surface area contributed by atoms with Crippen molar-refractivity contribution in [3.63, 3.8) is 0 Å². The smallest absolute Gasteiger partial charge is 0.226 e. The van der Waals surface area contributed by atoms with Crippen molar-refractivity contribution in [3.05, 3.63) is 99.8 Å². The van der Waals surface area contributed by atoms with E-state index in [9.17, 15) is 15.0 Å². The molecule has 3 aromatic rings. The number of aryl methyl sites for hydroxylation is 1. The summed E-state index contributed by atoms with van der Waals surface area (Å²) in [5.74, 6) is -0.633. The van der Waals surface area contributed by atoms with Crippen molar-refractivity contribution < 1.29 is 15.0 Å². The zero-order valence-corrected chi connectivity index (χ0v) is 21.8. The SMILES string of the molecule is CCC(CCc1ccccn1)N1C(=O)C(CC(O)O)CC(c2cccc(Cl)c2)C1c1ccc(Cl)cc1. The minimum absolute atomic E-state index is 0.00356. The van der Waals surface area contributed by atoms with Gasteiger partial charge in [0.1, 0.15) is 0 Å². The Hall–Kier alpha value is -2.44. The fraction of sp³-hybridized carbons (Fsp3) is 0.379. The molecule has 4 unspecified atom stereocenters. The standard InChI is InChI=1S/C29H32Cl2N2O3/c1-2-25(14-13-24-8-3-4-15-32-24)33-28(19-9-11-22(30)12-10-19)26(20-6-5-7-23(31)16-20)17-21(29(33)36)18-27(34)35/h3-12,15-16,21,25-28,34-35H,2,13-14,17-18H2,1H3. The van der Waals surface area contributed by atoms with Gasteiger partial charge in [-0.15, -0.1) is 0 Å². The van der Waals surface area contributed by atoms with Gasteiger partial charge in [0.15, 0.2) is 6.29 Å². The van der Waals surface area contributed by atoms with Crippen LogP contribution in [0.1, 0.15) is 61.4 Å². The Balaban J connectivity index is 1.78. The van der Waals surface area contributed by atoms with E-state index in [4.69, 9.17) is 23.2 Å². The number of likely N-dealkylation sites (tertiary alicyclic amines) is 1. The molecule has 2 aromatic carbocycles. The van der Waals surface area contributed by atoms with Gasteiger partial charge in [0.2, 0.25) is 5.91 Å². The Morgan fingerprint density at radius 2 is 1.78 bits per heavy atom. The number of hydrogen-bond acceptors (Lipinski definition) is 4. The molecule has 0 bridgehead atoms. The third-order valence-electron chi connectivity index (χ3n) is 7.13. The number of hydrogen-bond donors (Lipinski definition) is 2. The number of halogens is 2. The van der Waals surface area contributed by atoms with Gasteiger partial charge in [0, 0.05) is 46.2 Å². The summed E-state index contributed by atoms with van der Waals surface area (Å²) < 4.78 is 0. The third-order valence-corrected chi connectivity index (χ3v) is 7.62. The third kappa shape index (κ3) is 6.27. The van der Waals surface area contributed by atoms with Crippen LogP contribution < -0.4 is 0 Å². The summed E-state index contributed by atoms with van der Waals surface area (Å²) in [6.45, 7) is 2.09. The van der Waals surface area contributed by atoms with E-state index in [-0.39, 0.29) is 30.3 Å². The molecule has 1 aliphatic heterocycles. The van der Waals surface area contributed by atoms with Gasteiger partial charge in [-0.05, 0) is 73.2 Å². The summed E-state index contributed by atoms with van der Waals surface area (Å²) in [7, 11) is 0. The van der Waals surface area contributed by atoms with Gasteiger partial charge in [-0.25, -0.2) is 0 Å². The van der Waals surface area contributed by atoms with Crippen LogP contribution in [0.3, 0.4) is 0 Å². The van der Waals surface area contributed by atoms with Gasteiger partial charge in [-0.3, -0.25) is 9.78 Å². The summed E-state index contributed by atoms with van der Waals surface area (Å²) in [4.78, 5) is 20.5. The Bertz CT molecular complexity index is 1140. The van der Waals surface area contributed by atoms with Crippen molar-refractivity contribution in [1.29, 1.82) is 0 Å². The predicted octanol–water partition coefficient (Wildman–Crippen LogP) is 6.17. The van der Waals surface area contributed by atoms with Gasteiger partial charge >= 0.3 is 0 Å². The molecule has 4 rings (SSSR count). The van der Waals surface area contributed by atoms with E-state index in [2.05, 4.69) is 11.9 Å². The van der Waals surface area contributed by atoms with E-state index in [0.717, 1.165) is 36.1 Å². The van der Waals surface area contributed by atoms with Crippen molar-refractivity contribution in [3.8, 4) is 0 Å². The maximum atomic E-state index is 14.0. The van der Waals surface area contributed by atoms with Crippen molar-refractivity contribution in [1.82, 2.24) is 9.88 Å². The second-order valence-electron chi connectivity index (χ2n) is 9.47. The molecule has 2 heterocycles. The molecule has 4 atom stereocenters. The van der Waals surface area contributed by atoms with Crippen LogP contribution in [0.15, 0.2) is 72.9 Å². The zero-order valence-electron chi connectivity index (χ0n) is 20.3. The molecule has 1 saturated heterocycles. The molecule has 0 spiro atoms. The van der Waals surface area contributed by atoms with Gasteiger partial charge in [0.25, 0.3) is 0 Å². The number of carbonyl (C=O) groups excluding carboxylic acids is 1. The minimum atomic E-state index is -1.55. The van der Waals surface area contributed by atoms with Gasteiger partial charge in [-0.2, -0.15) is 0 Å². The van der Waals surface area contributed by atoms with Crippen molar-refractivity contribution in [2.24, 2.45) is 5.92 Å². The van der Waals surface area contributed by atoms with Crippen LogP contribution >= 0.6 is 23.2 Å². The van der Waals surface area contributed by atoms with Crippen LogP contribution in [-0.2, 0) is 11.2 Å². The molecule has 0 radical (unpaired) electrons. The number of piperidine rings is 1. The summed E-state index contributed by atoms with van der Waals surface area (Å²) in [5.41, 5.74) is 3.01. The number of amides is 1. The number of aliphatic hydroxyl groups is 2. The second kappa shape index (κ2) is 12.2. The molecule has 36 heavy (non-hydrogen) atoms. The maximum absolute atomic E-state index is 14.0. The molecular formula is C29H32Cl2N2O3. The molecule has 1 amide bonds. The van der Waals surface area contributed by atoms with E-state index < -0.39 is 12.2 Å². The van der Waals surface area contributed by atoms with Crippen molar-refractivity contribution in [2.75, 3.05) is 0 Å². The lowest BCUT2D eigenvalue weighted by atomic mass is 9.74. The topological polar surface area (TPSA) is 73.7 Å². The Morgan fingerprint density at radius 3 is 2.42 bits per heavy atom. The average molecular weight is 527 g/mol. The first-order valence-electron chi connectivity index (χ1n) is 12.5. The molecule has 0 aliphatic carbocycles. The molecule has 0 saturated carbocycles. The van der Waals surface area contributed by atoms with Crippen LogP contribution in [0.4, 0.5) is 0 Å². The lowest BCUT2D eigenvalue weighted by Crippen LogP contribution is -2.52. The highest BCUT2D eigenvalue weighted by molar-refractivity contribution is 6.30. The summed E-state index contributed by atoms with van der Waals surface area (Å²) in [6, 6.07) is 21.0. The lowest BCUT2D eigenvalue weighted by molar-refractivity contribution is -0.152. The van der Waals surface area contributed by atoms with E-state index in [1.807, 2.05) is 71.6 Å². The zero-order chi connectivity index (χ0) is 25.7. The van der Waals surface area contributed by atoms with E-state index in [1.165, 1.54) is 0 Å². The Morgan fingerprint density at radius 1 is 1.00 bits per heavy atom. The molecule has 1 aliphatic rings. The quantitative estimate of drug-likeness (QED) is 0.326. The molecule has 1 fully saturated rings. The summed E-state index contributed by atoms with van der Waals surface area (Å²) in [5, 5.41) is 20.9.